The van der Waals surface area contributed by atoms with E-state index in [0.717, 1.165) is 17.5 Å². The number of unbranched alkanes of at least 4 members (excludes halogenated alkanes) is 1. The lowest BCUT2D eigenvalue weighted by Gasteiger charge is -2.24. The average Bonchev–Trinajstić information content (AvgIpc) is 2.92. The molecule has 2 atom stereocenters. The molecule has 38 heavy (non-hydrogen) atoms. The molecule has 0 heterocycles. The van der Waals surface area contributed by atoms with Gasteiger partial charge in [-0.25, -0.2) is 4.39 Å². The van der Waals surface area contributed by atoms with E-state index in [2.05, 4.69) is 44.8 Å². The van der Waals surface area contributed by atoms with Crippen LogP contribution in [0.4, 0.5) is 4.39 Å². The number of carbonyl (C=O) groups is 1. The fourth-order valence-corrected chi connectivity index (χ4v) is 4.07. The minimum atomic E-state index is -0.349. The molecule has 1 N–H and O–H groups in total. The van der Waals surface area contributed by atoms with Gasteiger partial charge in [-0.2, -0.15) is 0 Å². The predicted molar refractivity (Wildman–Crippen MR) is 159 cm³/mol. The molecule has 206 valence electrons. The Balaban J connectivity index is 0.000000368. The average molecular weight is 520 g/mol. The third-order valence-electron chi connectivity index (χ3n) is 6.51. The van der Waals surface area contributed by atoms with Gasteiger partial charge in [-0.1, -0.05) is 119 Å². The number of ketones is 1. The summed E-state index contributed by atoms with van der Waals surface area (Å²) in [5.74, 6) is -0.587. The predicted octanol–water partition coefficient (Wildman–Crippen LogP) is 8.44. The summed E-state index contributed by atoms with van der Waals surface area (Å²) < 4.78 is 13.1. The monoisotopic (exact) mass is 519 g/mol. The van der Waals surface area contributed by atoms with Gasteiger partial charge in [0.1, 0.15) is 11.6 Å². The van der Waals surface area contributed by atoms with Crippen molar-refractivity contribution in [1.29, 1.82) is 0 Å². The van der Waals surface area contributed by atoms with Crippen LogP contribution in [0.15, 0.2) is 89.9 Å². The van der Waals surface area contributed by atoms with Gasteiger partial charge < -0.3 is 5.11 Å². The van der Waals surface area contributed by atoms with Gasteiger partial charge >= 0.3 is 0 Å². The lowest BCUT2D eigenvalue weighted by molar-refractivity contribution is -0.119. The number of aliphatic hydroxyl groups excluding tert-OH is 1. The van der Waals surface area contributed by atoms with Crippen LogP contribution in [0.25, 0.3) is 0 Å². The van der Waals surface area contributed by atoms with Crippen LogP contribution in [0.5, 0.6) is 0 Å². The molecule has 0 aliphatic carbocycles. The van der Waals surface area contributed by atoms with Crippen LogP contribution in [-0.2, 0) is 4.79 Å². The Kier molecular flexibility index (Phi) is 15.1. The van der Waals surface area contributed by atoms with Gasteiger partial charge in [0.25, 0.3) is 0 Å². The number of Topliss-reactive ketones (excluding diaryl/α,β-unsaturated/α-hetero) is 1. The SMILES string of the molecule is CCCCC(C)(C)CO.CN=C(c1ccc(F)cc1)C(C(C)=O)C(C)c1ccccc1.Cc1ccccc1. The number of hydrogen-bond acceptors (Lipinski definition) is 3. The Bertz CT molecular complexity index is 1080. The zero-order valence-electron chi connectivity index (χ0n) is 24.2. The van der Waals surface area contributed by atoms with Crippen molar-refractivity contribution in [2.75, 3.05) is 13.7 Å². The van der Waals surface area contributed by atoms with E-state index in [4.69, 9.17) is 5.11 Å². The molecule has 0 bridgehead atoms. The van der Waals surface area contributed by atoms with Crippen LogP contribution in [-0.4, -0.2) is 30.3 Å². The zero-order valence-corrected chi connectivity index (χ0v) is 24.2. The molecule has 3 nitrogen and oxygen atoms in total. The van der Waals surface area contributed by atoms with Crippen molar-refractivity contribution < 1.29 is 14.3 Å². The molecule has 4 heteroatoms. The molecule has 0 saturated heterocycles. The molecule has 0 aromatic heterocycles. The Labute approximate surface area is 229 Å². The Morgan fingerprint density at radius 2 is 1.47 bits per heavy atom. The molecular formula is C34H46FNO2. The molecule has 0 amide bonds. The van der Waals surface area contributed by atoms with Gasteiger partial charge in [0, 0.05) is 13.7 Å². The van der Waals surface area contributed by atoms with Gasteiger partial charge in [0.15, 0.2) is 0 Å². The quantitative estimate of drug-likeness (QED) is 0.288. The van der Waals surface area contributed by atoms with Crippen molar-refractivity contribution in [1.82, 2.24) is 0 Å². The van der Waals surface area contributed by atoms with Crippen LogP contribution in [0.1, 0.15) is 76.5 Å². The second kappa shape index (κ2) is 17.4. The summed E-state index contributed by atoms with van der Waals surface area (Å²) in [6.07, 6.45) is 3.59. The highest BCUT2D eigenvalue weighted by atomic mass is 19.1. The highest BCUT2D eigenvalue weighted by Crippen LogP contribution is 2.29. The molecule has 0 fully saturated rings. The van der Waals surface area contributed by atoms with Crippen molar-refractivity contribution in [2.24, 2.45) is 16.3 Å². The van der Waals surface area contributed by atoms with Crippen LogP contribution in [0.2, 0.25) is 0 Å². The van der Waals surface area contributed by atoms with Gasteiger partial charge in [-0.15, -0.1) is 0 Å². The molecule has 0 spiro atoms. The first kappa shape index (κ1) is 32.9. The van der Waals surface area contributed by atoms with Crippen molar-refractivity contribution in [3.63, 3.8) is 0 Å². The lowest BCUT2D eigenvalue weighted by atomic mass is 9.79. The fraction of sp³-hybridized carbons (Fsp3) is 0.412. The molecular weight excluding hydrogens is 473 g/mol. The number of halogens is 1. The molecule has 3 aromatic carbocycles. The standard InChI is InChI=1S/C19H20FNO.C8H18O.C7H8/c1-13(15-7-5-4-6-8-15)18(14(2)22)19(21-3)16-9-11-17(20)12-10-16;1-4-5-6-8(2,3)7-9;1-7-5-3-2-4-6-7/h4-13,18H,1-3H3;9H,4-7H2,1-3H3;2-6H,1H3. The number of aliphatic imine (C=N–C) groups is 1. The fourth-order valence-electron chi connectivity index (χ4n) is 4.07. The van der Waals surface area contributed by atoms with Crippen molar-refractivity contribution in [3.8, 4) is 0 Å². The van der Waals surface area contributed by atoms with Crippen LogP contribution in [0.3, 0.4) is 0 Å². The molecule has 2 unspecified atom stereocenters. The molecule has 0 saturated carbocycles. The second-order valence-corrected chi connectivity index (χ2v) is 10.5. The van der Waals surface area contributed by atoms with Gasteiger partial charge in [0.05, 0.1) is 11.6 Å². The van der Waals surface area contributed by atoms with E-state index >= 15 is 0 Å². The minimum absolute atomic E-state index is 0.00227. The van der Waals surface area contributed by atoms with E-state index in [1.807, 2.05) is 55.5 Å². The van der Waals surface area contributed by atoms with Gasteiger partial charge in [-0.3, -0.25) is 9.79 Å². The topological polar surface area (TPSA) is 49.7 Å². The van der Waals surface area contributed by atoms with E-state index in [1.165, 1.54) is 30.5 Å². The minimum Gasteiger partial charge on any atom is -0.396 e. The molecule has 3 aromatic rings. The summed E-state index contributed by atoms with van der Waals surface area (Å²) in [6.45, 7) is 12.4. The van der Waals surface area contributed by atoms with Crippen LogP contribution >= 0.6 is 0 Å². The third-order valence-corrected chi connectivity index (χ3v) is 6.51. The number of nitrogens with zero attached hydrogens (tertiary/aromatic N) is 1. The number of aryl methyl sites for hydroxylation is 1. The number of rotatable bonds is 9. The van der Waals surface area contributed by atoms with E-state index < -0.39 is 0 Å². The molecule has 0 radical (unpaired) electrons. The van der Waals surface area contributed by atoms with Crippen LogP contribution < -0.4 is 0 Å². The number of aliphatic hydroxyl groups is 1. The summed E-state index contributed by atoms with van der Waals surface area (Å²) >= 11 is 0. The molecule has 3 rings (SSSR count). The smallest absolute Gasteiger partial charge is 0.139 e. The first-order valence-electron chi connectivity index (χ1n) is 13.5. The maximum Gasteiger partial charge on any atom is 0.139 e. The van der Waals surface area contributed by atoms with E-state index in [0.29, 0.717) is 12.3 Å². The van der Waals surface area contributed by atoms with Gasteiger partial charge in [-0.05, 0) is 54.9 Å². The van der Waals surface area contributed by atoms with E-state index in [-0.39, 0.29) is 28.9 Å². The molecule has 0 aliphatic rings. The third kappa shape index (κ3) is 12.0. The number of carbonyl (C=O) groups excluding carboxylic acids is 1. The Hall–Kier alpha value is -3.11. The Morgan fingerprint density at radius 1 is 0.947 bits per heavy atom. The number of benzene rings is 3. The maximum atomic E-state index is 13.1. The highest BCUT2D eigenvalue weighted by molar-refractivity contribution is 6.13. The lowest BCUT2D eigenvalue weighted by Crippen LogP contribution is -2.28. The van der Waals surface area contributed by atoms with E-state index in [9.17, 15) is 9.18 Å². The molecule has 0 aliphatic heterocycles. The van der Waals surface area contributed by atoms with Crippen LogP contribution in [0, 0.1) is 24.1 Å². The second-order valence-electron chi connectivity index (χ2n) is 10.5. The Morgan fingerprint density at radius 3 is 1.87 bits per heavy atom. The van der Waals surface area contributed by atoms with Crippen molar-refractivity contribution >= 4 is 11.5 Å². The normalized spacial score (nSPS) is 12.8. The van der Waals surface area contributed by atoms with Gasteiger partial charge in [0.2, 0.25) is 0 Å². The first-order valence-corrected chi connectivity index (χ1v) is 13.5. The largest absolute Gasteiger partial charge is 0.396 e. The maximum absolute atomic E-state index is 13.1. The van der Waals surface area contributed by atoms with E-state index in [1.54, 1.807) is 26.1 Å². The summed E-state index contributed by atoms with van der Waals surface area (Å²) in [5, 5.41) is 8.82. The van der Waals surface area contributed by atoms with Crippen molar-refractivity contribution in [3.05, 3.63) is 107 Å². The summed E-state index contributed by atoms with van der Waals surface area (Å²) in [4.78, 5) is 16.6. The first-order chi connectivity index (χ1) is 18.1. The zero-order chi connectivity index (χ0) is 28.6. The number of hydrogen-bond donors (Lipinski definition) is 1. The summed E-state index contributed by atoms with van der Waals surface area (Å²) in [5.41, 5.74) is 4.04. The summed E-state index contributed by atoms with van der Waals surface area (Å²) in [6, 6.07) is 26.3. The highest BCUT2D eigenvalue weighted by Gasteiger charge is 2.29. The summed E-state index contributed by atoms with van der Waals surface area (Å²) in [7, 11) is 1.67. The van der Waals surface area contributed by atoms with Crippen molar-refractivity contribution in [2.45, 2.75) is 66.7 Å².